The summed E-state index contributed by atoms with van der Waals surface area (Å²) in [6, 6.07) is 10.6. The van der Waals surface area contributed by atoms with Gasteiger partial charge in [0.15, 0.2) is 0 Å². The summed E-state index contributed by atoms with van der Waals surface area (Å²) >= 11 is 0. The molecule has 0 amide bonds. The van der Waals surface area contributed by atoms with Gasteiger partial charge in [-0.25, -0.2) is 0 Å². The molecule has 2 heterocycles. The number of rotatable bonds is 4. The van der Waals surface area contributed by atoms with Gasteiger partial charge >= 0.3 is 0 Å². The largest absolute Gasteiger partial charge is 0.493 e. The molecule has 21 heavy (non-hydrogen) atoms. The van der Waals surface area contributed by atoms with Crippen molar-refractivity contribution in [2.75, 3.05) is 19.7 Å². The molecule has 1 saturated heterocycles. The first-order valence-electron chi connectivity index (χ1n) is 7.31. The molecule has 5 heteroatoms. The minimum absolute atomic E-state index is 0.138. The van der Waals surface area contributed by atoms with Crippen molar-refractivity contribution < 1.29 is 4.74 Å². The predicted octanol–water partition coefficient (Wildman–Crippen LogP) is 1.61. The van der Waals surface area contributed by atoms with Crippen LogP contribution in [0.5, 0.6) is 5.75 Å². The Morgan fingerprint density at radius 3 is 2.67 bits per heavy atom. The van der Waals surface area contributed by atoms with Crippen LogP contribution in [0, 0.1) is 5.92 Å². The molecule has 0 bridgehead atoms. The number of benzene rings is 1. The summed E-state index contributed by atoms with van der Waals surface area (Å²) in [6.45, 7) is 2.91. The Hall–Kier alpha value is -2.14. The second-order valence-electron chi connectivity index (χ2n) is 5.27. The van der Waals surface area contributed by atoms with Crippen LogP contribution in [0.4, 0.5) is 0 Å². The Balaban J connectivity index is 1.64. The van der Waals surface area contributed by atoms with Crippen molar-refractivity contribution >= 4 is 0 Å². The quantitative estimate of drug-likeness (QED) is 0.927. The van der Waals surface area contributed by atoms with E-state index in [1.54, 1.807) is 12.3 Å². The second-order valence-corrected chi connectivity index (χ2v) is 5.27. The van der Waals surface area contributed by atoms with E-state index in [9.17, 15) is 4.79 Å². The highest BCUT2D eigenvalue weighted by Gasteiger charge is 2.13. The Bertz CT molecular complexity index is 630. The molecule has 0 aliphatic carbocycles. The Labute approximate surface area is 123 Å². The fraction of sp³-hybridized carbons (Fsp3) is 0.375. The monoisotopic (exact) mass is 285 g/mol. The van der Waals surface area contributed by atoms with Gasteiger partial charge < -0.3 is 10.1 Å². The standard InChI is InChI=1S/C16H19N3O2/c20-16-2-1-9-18-19(16)14-3-5-15(6-4-14)21-12-13-7-10-17-11-8-13/h1-6,9,13,17H,7-8,10-12H2. The van der Waals surface area contributed by atoms with Crippen LogP contribution in [0.3, 0.4) is 0 Å². The minimum atomic E-state index is -0.138. The van der Waals surface area contributed by atoms with Crippen molar-refractivity contribution in [3.8, 4) is 11.4 Å². The van der Waals surface area contributed by atoms with E-state index in [4.69, 9.17) is 4.74 Å². The van der Waals surface area contributed by atoms with E-state index in [0.717, 1.165) is 31.1 Å². The van der Waals surface area contributed by atoms with Crippen LogP contribution in [0.15, 0.2) is 47.4 Å². The number of hydrogen-bond donors (Lipinski definition) is 1. The maximum atomic E-state index is 11.7. The zero-order chi connectivity index (χ0) is 14.5. The number of ether oxygens (including phenoxy) is 1. The van der Waals surface area contributed by atoms with Gasteiger partial charge in [-0.2, -0.15) is 9.78 Å². The molecule has 1 fully saturated rings. The topological polar surface area (TPSA) is 56.2 Å². The smallest absolute Gasteiger partial charge is 0.271 e. The van der Waals surface area contributed by atoms with Gasteiger partial charge in [-0.15, -0.1) is 0 Å². The van der Waals surface area contributed by atoms with Gasteiger partial charge in [-0.3, -0.25) is 4.79 Å². The Morgan fingerprint density at radius 1 is 1.19 bits per heavy atom. The van der Waals surface area contributed by atoms with Crippen molar-refractivity contribution in [2.24, 2.45) is 5.92 Å². The lowest BCUT2D eigenvalue weighted by molar-refractivity contribution is 0.215. The SMILES string of the molecule is O=c1cccnn1-c1ccc(OCC2CCNCC2)cc1. The number of hydrogen-bond acceptors (Lipinski definition) is 4. The van der Waals surface area contributed by atoms with E-state index in [0.29, 0.717) is 5.92 Å². The average Bonchev–Trinajstić information content (AvgIpc) is 2.55. The van der Waals surface area contributed by atoms with Gasteiger partial charge in [0.25, 0.3) is 5.56 Å². The van der Waals surface area contributed by atoms with Gasteiger partial charge in [-0.05, 0) is 62.2 Å². The minimum Gasteiger partial charge on any atom is -0.493 e. The zero-order valence-electron chi connectivity index (χ0n) is 11.9. The third-order valence-corrected chi connectivity index (χ3v) is 3.74. The Morgan fingerprint density at radius 2 is 1.95 bits per heavy atom. The summed E-state index contributed by atoms with van der Waals surface area (Å²) in [5, 5.41) is 7.40. The molecule has 1 aliphatic heterocycles. The molecule has 0 atom stereocenters. The number of aromatic nitrogens is 2. The first-order chi connectivity index (χ1) is 10.3. The lowest BCUT2D eigenvalue weighted by atomic mass is 9.99. The summed E-state index contributed by atoms with van der Waals surface area (Å²) in [5.74, 6) is 1.46. The zero-order valence-corrected chi connectivity index (χ0v) is 11.9. The van der Waals surface area contributed by atoms with Crippen LogP contribution in [0.25, 0.3) is 5.69 Å². The fourth-order valence-corrected chi connectivity index (χ4v) is 2.50. The van der Waals surface area contributed by atoms with Crippen molar-refractivity contribution in [1.82, 2.24) is 15.1 Å². The van der Waals surface area contributed by atoms with Crippen LogP contribution in [-0.2, 0) is 0 Å². The molecule has 0 radical (unpaired) electrons. The molecule has 3 rings (SSSR count). The highest BCUT2D eigenvalue weighted by atomic mass is 16.5. The molecule has 2 aromatic rings. The van der Waals surface area contributed by atoms with Gasteiger partial charge in [-0.1, -0.05) is 0 Å². The fourth-order valence-electron chi connectivity index (χ4n) is 2.50. The number of nitrogens with one attached hydrogen (secondary N) is 1. The van der Waals surface area contributed by atoms with Crippen LogP contribution in [0.1, 0.15) is 12.8 Å². The molecular weight excluding hydrogens is 266 g/mol. The second kappa shape index (κ2) is 6.54. The first kappa shape index (κ1) is 13.8. The van der Waals surface area contributed by atoms with Crippen LogP contribution in [-0.4, -0.2) is 29.5 Å². The molecule has 0 saturated carbocycles. The molecule has 1 N–H and O–H groups in total. The maximum Gasteiger partial charge on any atom is 0.271 e. The highest BCUT2D eigenvalue weighted by molar-refractivity contribution is 5.36. The van der Waals surface area contributed by atoms with Gasteiger partial charge in [0.2, 0.25) is 0 Å². The van der Waals surface area contributed by atoms with E-state index < -0.39 is 0 Å². The summed E-state index contributed by atoms with van der Waals surface area (Å²) in [7, 11) is 0. The lowest BCUT2D eigenvalue weighted by Gasteiger charge is -2.22. The van der Waals surface area contributed by atoms with Crippen molar-refractivity contribution in [2.45, 2.75) is 12.8 Å². The molecule has 0 spiro atoms. The average molecular weight is 285 g/mol. The van der Waals surface area contributed by atoms with Gasteiger partial charge in [0.1, 0.15) is 5.75 Å². The van der Waals surface area contributed by atoms with Crippen molar-refractivity contribution in [1.29, 1.82) is 0 Å². The van der Waals surface area contributed by atoms with E-state index in [1.807, 2.05) is 24.3 Å². The summed E-state index contributed by atoms with van der Waals surface area (Å²) < 4.78 is 7.20. The molecular formula is C16H19N3O2. The predicted molar refractivity (Wildman–Crippen MR) is 80.9 cm³/mol. The number of nitrogens with zero attached hydrogens (tertiary/aromatic N) is 2. The molecule has 1 aromatic carbocycles. The van der Waals surface area contributed by atoms with Crippen molar-refractivity contribution in [3.05, 3.63) is 52.9 Å². The van der Waals surface area contributed by atoms with Crippen LogP contribution in [0.2, 0.25) is 0 Å². The molecule has 1 aromatic heterocycles. The molecule has 0 unspecified atom stereocenters. The molecule has 110 valence electrons. The van der Waals surface area contributed by atoms with Gasteiger partial charge in [0.05, 0.1) is 12.3 Å². The number of piperidine rings is 1. The maximum absolute atomic E-state index is 11.7. The summed E-state index contributed by atoms with van der Waals surface area (Å²) in [6.07, 6.45) is 3.94. The van der Waals surface area contributed by atoms with Crippen LogP contribution < -0.4 is 15.6 Å². The Kier molecular flexibility index (Phi) is 4.31. The van der Waals surface area contributed by atoms with Crippen molar-refractivity contribution in [3.63, 3.8) is 0 Å². The summed E-state index contributed by atoms with van der Waals surface area (Å²) in [5.41, 5.74) is 0.607. The van der Waals surface area contributed by atoms with E-state index >= 15 is 0 Å². The third-order valence-electron chi connectivity index (χ3n) is 3.74. The molecule has 1 aliphatic rings. The van der Waals surface area contributed by atoms with E-state index in [2.05, 4.69) is 10.4 Å². The first-order valence-corrected chi connectivity index (χ1v) is 7.31. The van der Waals surface area contributed by atoms with Gasteiger partial charge in [0, 0.05) is 12.3 Å². The van der Waals surface area contributed by atoms with E-state index in [-0.39, 0.29) is 5.56 Å². The highest BCUT2D eigenvalue weighted by Crippen LogP contribution is 2.17. The summed E-state index contributed by atoms with van der Waals surface area (Å²) in [4.78, 5) is 11.7. The molecule has 5 nitrogen and oxygen atoms in total. The van der Waals surface area contributed by atoms with E-state index in [1.165, 1.54) is 23.6 Å². The van der Waals surface area contributed by atoms with Crippen LogP contribution >= 0.6 is 0 Å². The normalized spacial score (nSPS) is 15.8. The lowest BCUT2D eigenvalue weighted by Crippen LogP contribution is -2.30. The third kappa shape index (κ3) is 3.49.